The number of hydrogen-bond donors (Lipinski definition) is 3. The van der Waals surface area contributed by atoms with Crippen molar-refractivity contribution in [3.8, 4) is 22.8 Å². The number of anilines is 2. The van der Waals surface area contributed by atoms with Gasteiger partial charge in [-0.25, -0.2) is 4.98 Å². The lowest BCUT2D eigenvalue weighted by Crippen LogP contribution is -1.89. The van der Waals surface area contributed by atoms with Crippen molar-refractivity contribution in [2.24, 2.45) is 0 Å². The topological polar surface area (TPSA) is 65.4 Å². The number of phenolic OH excluding ortho intramolecular Hbond substituents is 2. The number of hydrogen-bond acceptors (Lipinski definition) is 5. The van der Waals surface area contributed by atoms with Crippen molar-refractivity contribution in [2.75, 3.05) is 5.32 Å². The van der Waals surface area contributed by atoms with E-state index in [1.807, 2.05) is 17.5 Å². The lowest BCUT2D eigenvalue weighted by atomic mass is 10.1. The van der Waals surface area contributed by atoms with Gasteiger partial charge in [-0.2, -0.15) is 0 Å². The van der Waals surface area contributed by atoms with Crippen LogP contribution in [0.3, 0.4) is 0 Å². The lowest BCUT2D eigenvalue weighted by Gasteiger charge is -2.03. The maximum atomic E-state index is 9.84. The first kappa shape index (κ1) is 13.7. The van der Waals surface area contributed by atoms with E-state index in [0.717, 1.165) is 5.69 Å². The molecule has 4 nitrogen and oxygen atoms in total. The fraction of sp³-hybridized carbons (Fsp3) is 0. The minimum Gasteiger partial charge on any atom is -0.508 e. The zero-order valence-corrected chi connectivity index (χ0v) is 12.3. The molecule has 0 fully saturated rings. The molecule has 0 aliphatic heterocycles. The summed E-state index contributed by atoms with van der Waals surface area (Å²) in [6.45, 7) is 0. The summed E-state index contributed by atoms with van der Waals surface area (Å²) in [5.74, 6) is 0.0179. The molecule has 3 aromatic rings. The van der Waals surface area contributed by atoms with Crippen molar-refractivity contribution >= 4 is 33.8 Å². The maximum absolute atomic E-state index is 9.84. The van der Waals surface area contributed by atoms with Gasteiger partial charge >= 0.3 is 0 Å². The van der Waals surface area contributed by atoms with Gasteiger partial charge in [-0.1, -0.05) is 11.6 Å². The predicted molar refractivity (Wildman–Crippen MR) is 85.6 cm³/mol. The zero-order valence-electron chi connectivity index (χ0n) is 10.7. The fourth-order valence-corrected chi connectivity index (χ4v) is 2.70. The molecule has 0 aliphatic rings. The second kappa shape index (κ2) is 5.63. The van der Waals surface area contributed by atoms with Crippen LogP contribution >= 0.6 is 22.9 Å². The molecule has 106 valence electrons. The molecule has 0 aliphatic carbocycles. The molecule has 6 heteroatoms. The van der Waals surface area contributed by atoms with Crippen LogP contribution in [0.2, 0.25) is 5.02 Å². The monoisotopic (exact) mass is 318 g/mol. The summed E-state index contributed by atoms with van der Waals surface area (Å²) in [4.78, 5) is 4.42. The standard InChI is InChI=1S/C15H11ClN2O2S/c16-9-1-3-10(4-2-9)17-15-18-13(8-21-15)12-6-5-11(19)7-14(12)20/h1-8,19-20H,(H,17,18). The van der Waals surface area contributed by atoms with Gasteiger partial charge in [0.15, 0.2) is 5.13 Å². The van der Waals surface area contributed by atoms with E-state index in [1.54, 1.807) is 18.2 Å². The van der Waals surface area contributed by atoms with E-state index in [0.29, 0.717) is 21.4 Å². The molecule has 0 atom stereocenters. The van der Waals surface area contributed by atoms with Crippen LogP contribution in [-0.4, -0.2) is 15.2 Å². The number of aromatic nitrogens is 1. The Morgan fingerprint density at radius 1 is 1.05 bits per heavy atom. The largest absolute Gasteiger partial charge is 0.508 e. The number of nitrogens with zero attached hydrogens (tertiary/aromatic N) is 1. The number of aromatic hydroxyl groups is 2. The third-order valence-corrected chi connectivity index (χ3v) is 3.87. The van der Waals surface area contributed by atoms with E-state index in [2.05, 4.69) is 10.3 Å². The van der Waals surface area contributed by atoms with Gasteiger partial charge in [-0.15, -0.1) is 11.3 Å². The highest BCUT2D eigenvalue weighted by molar-refractivity contribution is 7.14. The molecule has 1 heterocycles. The van der Waals surface area contributed by atoms with Crippen molar-refractivity contribution in [1.29, 1.82) is 0 Å². The van der Waals surface area contributed by atoms with Gasteiger partial charge in [0.1, 0.15) is 11.5 Å². The van der Waals surface area contributed by atoms with Crippen molar-refractivity contribution in [1.82, 2.24) is 4.98 Å². The summed E-state index contributed by atoms with van der Waals surface area (Å²) in [7, 11) is 0. The Bertz CT molecular complexity index is 772. The zero-order chi connectivity index (χ0) is 14.8. The molecular formula is C15H11ClN2O2S. The first-order valence-corrected chi connectivity index (χ1v) is 7.38. The Balaban J connectivity index is 1.84. The van der Waals surface area contributed by atoms with Crippen molar-refractivity contribution < 1.29 is 10.2 Å². The van der Waals surface area contributed by atoms with Crippen LogP contribution in [0.5, 0.6) is 11.5 Å². The van der Waals surface area contributed by atoms with Crippen LogP contribution in [-0.2, 0) is 0 Å². The highest BCUT2D eigenvalue weighted by Gasteiger charge is 2.09. The molecule has 1 aromatic heterocycles. The van der Waals surface area contributed by atoms with Crippen molar-refractivity contribution in [3.63, 3.8) is 0 Å². The van der Waals surface area contributed by atoms with Gasteiger partial charge in [0.25, 0.3) is 0 Å². The second-order valence-corrected chi connectivity index (χ2v) is 5.67. The van der Waals surface area contributed by atoms with Gasteiger partial charge in [0, 0.05) is 27.7 Å². The molecule has 0 radical (unpaired) electrons. The number of phenols is 2. The lowest BCUT2D eigenvalue weighted by molar-refractivity contribution is 0.452. The van der Waals surface area contributed by atoms with Crippen LogP contribution in [0, 0.1) is 0 Å². The van der Waals surface area contributed by atoms with E-state index in [1.165, 1.54) is 23.5 Å². The summed E-state index contributed by atoms with van der Waals surface area (Å²) in [6, 6.07) is 11.8. The Hall–Kier alpha value is -2.24. The summed E-state index contributed by atoms with van der Waals surface area (Å²) in [5.41, 5.74) is 2.11. The van der Waals surface area contributed by atoms with E-state index in [-0.39, 0.29) is 11.5 Å². The van der Waals surface area contributed by atoms with E-state index in [9.17, 15) is 10.2 Å². The minimum atomic E-state index is -0.00153. The van der Waals surface area contributed by atoms with Gasteiger partial charge in [-0.05, 0) is 36.4 Å². The van der Waals surface area contributed by atoms with E-state index in [4.69, 9.17) is 11.6 Å². The smallest absolute Gasteiger partial charge is 0.187 e. The average Bonchev–Trinajstić information content (AvgIpc) is 2.90. The number of halogens is 1. The quantitative estimate of drug-likeness (QED) is 0.659. The van der Waals surface area contributed by atoms with Gasteiger partial charge in [-0.3, -0.25) is 0 Å². The molecule has 21 heavy (non-hydrogen) atoms. The summed E-state index contributed by atoms with van der Waals surface area (Å²) < 4.78 is 0. The SMILES string of the molecule is Oc1ccc(-c2csc(Nc3ccc(Cl)cc3)n2)c(O)c1. The molecule has 0 spiro atoms. The number of benzene rings is 2. The van der Waals surface area contributed by atoms with Gasteiger partial charge in [0.2, 0.25) is 0 Å². The molecular weight excluding hydrogens is 308 g/mol. The van der Waals surface area contributed by atoms with Gasteiger partial charge < -0.3 is 15.5 Å². The summed E-state index contributed by atoms with van der Waals surface area (Å²) in [5, 5.41) is 25.5. The highest BCUT2D eigenvalue weighted by atomic mass is 35.5. The normalized spacial score (nSPS) is 10.5. The molecule has 3 N–H and O–H groups in total. The number of rotatable bonds is 3. The molecule has 0 saturated carbocycles. The molecule has 0 saturated heterocycles. The fourth-order valence-electron chi connectivity index (χ4n) is 1.85. The average molecular weight is 319 g/mol. The first-order valence-electron chi connectivity index (χ1n) is 6.12. The van der Waals surface area contributed by atoms with Crippen LogP contribution in [0.1, 0.15) is 0 Å². The first-order chi connectivity index (χ1) is 10.1. The molecule has 2 aromatic carbocycles. The Morgan fingerprint density at radius 3 is 2.52 bits per heavy atom. The summed E-state index contributed by atoms with van der Waals surface area (Å²) in [6.07, 6.45) is 0. The molecule has 0 bridgehead atoms. The molecule has 3 rings (SSSR count). The maximum Gasteiger partial charge on any atom is 0.187 e. The van der Waals surface area contributed by atoms with Crippen LogP contribution < -0.4 is 5.32 Å². The molecule has 0 unspecified atom stereocenters. The Labute approximate surface area is 130 Å². The molecule has 0 amide bonds. The van der Waals surface area contributed by atoms with Crippen molar-refractivity contribution in [3.05, 3.63) is 52.9 Å². The van der Waals surface area contributed by atoms with Crippen molar-refractivity contribution in [2.45, 2.75) is 0 Å². The predicted octanol–water partition coefficient (Wildman–Crippen LogP) is 4.62. The van der Waals surface area contributed by atoms with E-state index >= 15 is 0 Å². The van der Waals surface area contributed by atoms with E-state index < -0.39 is 0 Å². The van der Waals surface area contributed by atoms with Crippen LogP contribution in [0.15, 0.2) is 47.8 Å². The Morgan fingerprint density at radius 2 is 1.81 bits per heavy atom. The van der Waals surface area contributed by atoms with Crippen LogP contribution in [0.25, 0.3) is 11.3 Å². The third-order valence-electron chi connectivity index (χ3n) is 2.86. The number of nitrogens with one attached hydrogen (secondary N) is 1. The number of thiazole rings is 1. The highest BCUT2D eigenvalue weighted by Crippen LogP contribution is 2.34. The van der Waals surface area contributed by atoms with Gasteiger partial charge in [0.05, 0.1) is 5.69 Å². The summed E-state index contributed by atoms with van der Waals surface area (Å²) >= 11 is 7.27. The Kier molecular flexibility index (Phi) is 3.68. The minimum absolute atomic E-state index is 0.00153. The second-order valence-electron chi connectivity index (χ2n) is 4.37. The van der Waals surface area contributed by atoms with Crippen LogP contribution in [0.4, 0.5) is 10.8 Å². The third kappa shape index (κ3) is 3.09.